The van der Waals surface area contributed by atoms with E-state index in [1.54, 1.807) is 25.8 Å². The van der Waals surface area contributed by atoms with E-state index in [1.807, 2.05) is 6.92 Å². The molecular formula is C12H21N3O3. The number of hydrogen-bond acceptors (Lipinski definition) is 4. The predicted molar refractivity (Wildman–Crippen MR) is 66.7 cm³/mol. The third-order valence-corrected chi connectivity index (χ3v) is 3.23. The van der Waals surface area contributed by atoms with Gasteiger partial charge in [-0.2, -0.15) is 0 Å². The fourth-order valence-corrected chi connectivity index (χ4v) is 2.01. The topological polar surface area (TPSA) is 69.7 Å². The van der Waals surface area contributed by atoms with Crippen molar-refractivity contribution in [3.8, 4) is 0 Å². The lowest BCUT2D eigenvalue weighted by molar-refractivity contribution is -0.138. The van der Waals surface area contributed by atoms with Gasteiger partial charge in [0.1, 0.15) is 0 Å². The summed E-state index contributed by atoms with van der Waals surface area (Å²) in [5.41, 5.74) is 0. The van der Waals surface area contributed by atoms with Crippen molar-refractivity contribution in [3.63, 3.8) is 0 Å². The van der Waals surface area contributed by atoms with Gasteiger partial charge in [-0.05, 0) is 20.8 Å². The van der Waals surface area contributed by atoms with E-state index < -0.39 is 12.1 Å². The predicted octanol–water partition coefficient (Wildman–Crippen LogP) is -0.410. The first-order valence-corrected chi connectivity index (χ1v) is 6.27. The summed E-state index contributed by atoms with van der Waals surface area (Å²) in [4.78, 5) is 38.1. The Kier molecular flexibility index (Phi) is 4.84. The molecule has 0 bridgehead atoms. The summed E-state index contributed by atoms with van der Waals surface area (Å²) in [7, 11) is 1.71. The van der Waals surface area contributed by atoms with Crippen molar-refractivity contribution < 1.29 is 14.4 Å². The number of hydrogen-bond donors (Lipinski definition) is 1. The van der Waals surface area contributed by atoms with Crippen molar-refractivity contribution in [2.24, 2.45) is 0 Å². The molecule has 1 saturated heterocycles. The minimum atomic E-state index is -0.568. The molecule has 0 aromatic rings. The molecule has 2 atom stereocenters. The largest absolute Gasteiger partial charge is 0.345 e. The number of nitrogens with zero attached hydrogens (tertiary/aromatic N) is 2. The molecule has 0 aliphatic carbocycles. The van der Waals surface area contributed by atoms with Crippen molar-refractivity contribution in [1.82, 2.24) is 15.1 Å². The van der Waals surface area contributed by atoms with Crippen molar-refractivity contribution in [1.29, 1.82) is 0 Å². The molecule has 0 radical (unpaired) electrons. The Morgan fingerprint density at radius 2 is 2.11 bits per heavy atom. The molecule has 102 valence electrons. The van der Waals surface area contributed by atoms with Gasteiger partial charge in [0.25, 0.3) is 0 Å². The minimum Gasteiger partial charge on any atom is -0.345 e. The molecule has 1 aliphatic rings. The summed E-state index contributed by atoms with van der Waals surface area (Å²) >= 11 is 0. The smallest absolute Gasteiger partial charge is 0.246 e. The molecule has 1 rings (SSSR count). The van der Waals surface area contributed by atoms with Gasteiger partial charge in [0.15, 0.2) is 0 Å². The van der Waals surface area contributed by atoms with Crippen molar-refractivity contribution >= 4 is 17.7 Å². The Morgan fingerprint density at radius 3 is 2.56 bits per heavy atom. The molecule has 0 aromatic carbocycles. The number of likely N-dealkylation sites (tertiary alicyclic amines) is 1. The first-order valence-electron chi connectivity index (χ1n) is 6.27. The van der Waals surface area contributed by atoms with E-state index >= 15 is 0 Å². The van der Waals surface area contributed by atoms with Gasteiger partial charge in [-0.25, -0.2) is 0 Å². The van der Waals surface area contributed by atoms with Crippen LogP contribution in [-0.4, -0.2) is 59.7 Å². The maximum atomic E-state index is 11.9. The quantitative estimate of drug-likeness (QED) is 0.678. The first-order chi connectivity index (χ1) is 8.42. The van der Waals surface area contributed by atoms with Gasteiger partial charge in [0.05, 0.1) is 18.5 Å². The van der Waals surface area contributed by atoms with Gasteiger partial charge in [-0.15, -0.1) is 0 Å². The van der Waals surface area contributed by atoms with E-state index in [2.05, 4.69) is 5.32 Å². The number of carbonyl (C=O) groups excluding carboxylic acids is 3. The molecule has 0 saturated carbocycles. The van der Waals surface area contributed by atoms with Crippen LogP contribution in [0.15, 0.2) is 0 Å². The van der Waals surface area contributed by atoms with Crippen LogP contribution < -0.4 is 5.32 Å². The lowest BCUT2D eigenvalue weighted by Gasteiger charge is -2.22. The number of amides is 3. The van der Waals surface area contributed by atoms with Gasteiger partial charge in [-0.1, -0.05) is 0 Å². The van der Waals surface area contributed by atoms with Crippen LogP contribution in [-0.2, 0) is 14.4 Å². The third kappa shape index (κ3) is 2.87. The minimum absolute atomic E-state index is 0.0762. The van der Waals surface area contributed by atoms with Crippen LogP contribution in [0.25, 0.3) is 0 Å². The highest BCUT2D eigenvalue weighted by atomic mass is 16.2. The van der Waals surface area contributed by atoms with E-state index in [0.717, 1.165) is 0 Å². The molecular weight excluding hydrogens is 234 g/mol. The fourth-order valence-electron chi connectivity index (χ4n) is 2.01. The lowest BCUT2D eigenvalue weighted by atomic mass is 10.2. The maximum Gasteiger partial charge on any atom is 0.246 e. The van der Waals surface area contributed by atoms with Gasteiger partial charge < -0.3 is 4.90 Å². The molecule has 0 aromatic heterocycles. The highest BCUT2D eigenvalue weighted by Crippen LogP contribution is 2.13. The van der Waals surface area contributed by atoms with E-state index in [1.165, 1.54) is 4.90 Å². The zero-order valence-electron chi connectivity index (χ0n) is 11.4. The van der Waals surface area contributed by atoms with Gasteiger partial charge in [-0.3, -0.25) is 24.6 Å². The number of rotatable bonds is 5. The monoisotopic (exact) mass is 255 g/mol. The maximum absolute atomic E-state index is 11.9. The molecule has 1 fully saturated rings. The Balaban J connectivity index is 2.61. The summed E-state index contributed by atoms with van der Waals surface area (Å²) in [6, 6.07) is -1.03. The van der Waals surface area contributed by atoms with E-state index in [4.69, 9.17) is 0 Å². The second-order valence-electron chi connectivity index (χ2n) is 4.47. The molecule has 6 heteroatoms. The zero-order valence-corrected chi connectivity index (χ0v) is 11.4. The fraction of sp³-hybridized carbons (Fsp3) is 0.750. The molecule has 1 aliphatic heterocycles. The summed E-state index contributed by atoms with van der Waals surface area (Å²) < 4.78 is 0. The SMILES string of the molecule is CCN(C)C(=O)C(C)NC1CC(=O)N(CC)C1=O. The average molecular weight is 255 g/mol. The lowest BCUT2D eigenvalue weighted by Crippen LogP contribution is -2.49. The summed E-state index contributed by atoms with van der Waals surface area (Å²) in [5.74, 6) is -0.488. The van der Waals surface area contributed by atoms with Crippen LogP contribution in [0.4, 0.5) is 0 Å². The van der Waals surface area contributed by atoms with Gasteiger partial charge in [0, 0.05) is 20.1 Å². The number of imide groups is 1. The van der Waals surface area contributed by atoms with Gasteiger partial charge in [0.2, 0.25) is 17.7 Å². The molecule has 18 heavy (non-hydrogen) atoms. The average Bonchev–Trinajstić information content (AvgIpc) is 2.61. The van der Waals surface area contributed by atoms with E-state index in [0.29, 0.717) is 13.1 Å². The Morgan fingerprint density at radius 1 is 1.50 bits per heavy atom. The van der Waals surface area contributed by atoms with Crippen LogP contribution in [0.1, 0.15) is 27.2 Å². The Labute approximate surface area is 107 Å². The van der Waals surface area contributed by atoms with E-state index in [9.17, 15) is 14.4 Å². The van der Waals surface area contributed by atoms with E-state index in [-0.39, 0.29) is 24.1 Å². The first kappa shape index (κ1) is 14.6. The Bertz CT molecular complexity index is 356. The molecule has 2 unspecified atom stereocenters. The molecule has 1 heterocycles. The summed E-state index contributed by atoms with van der Waals surface area (Å²) in [6.45, 7) is 6.35. The number of likely N-dealkylation sites (N-methyl/N-ethyl adjacent to an activating group) is 2. The zero-order chi connectivity index (χ0) is 13.9. The molecule has 6 nitrogen and oxygen atoms in total. The van der Waals surface area contributed by atoms with Crippen molar-refractivity contribution in [2.45, 2.75) is 39.3 Å². The molecule has 0 spiro atoms. The van der Waals surface area contributed by atoms with Crippen LogP contribution in [0, 0.1) is 0 Å². The van der Waals surface area contributed by atoms with Crippen LogP contribution in [0.3, 0.4) is 0 Å². The van der Waals surface area contributed by atoms with Crippen LogP contribution in [0.5, 0.6) is 0 Å². The van der Waals surface area contributed by atoms with Crippen molar-refractivity contribution in [2.75, 3.05) is 20.1 Å². The highest BCUT2D eigenvalue weighted by Gasteiger charge is 2.38. The number of carbonyl (C=O) groups is 3. The summed E-state index contributed by atoms with van der Waals surface area (Å²) in [6.07, 6.45) is 0.139. The second kappa shape index (κ2) is 5.95. The van der Waals surface area contributed by atoms with Crippen LogP contribution >= 0.6 is 0 Å². The molecule has 3 amide bonds. The standard InChI is InChI=1S/C12H21N3O3/c1-5-14(4)11(17)8(3)13-9-7-10(16)15(6-2)12(9)18/h8-9,13H,5-7H2,1-4H3. The Hall–Kier alpha value is -1.43. The molecule has 1 N–H and O–H groups in total. The second-order valence-corrected chi connectivity index (χ2v) is 4.47. The highest BCUT2D eigenvalue weighted by molar-refractivity contribution is 6.05. The van der Waals surface area contributed by atoms with Gasteiger partial charge >= 0.3 is 0 Å². The number of nitrogens with one attached hydrogen (secondary N) is 1. The summed E-state index contributed by atoms with van der Waals surface area (Å²) in [5, 5.41) is 2.94. The van der Waals surface area contributed by atoms with Crippen LogP contribution in [0.2, 0.25) is 0 Å². The third-order valence-electron chi connectivity index (χ3n) is 3.23. The normalized spacial score (nSPS) is 21.3. The van der Waals surface area contributed by atoms with Crippen molar-refractivity contribution in [3.05, 3.63) is 0 Å².